The van der Waals surface area contributed by atoms with Crippen molar-refractivity contribution in [2.24, 2.45) is 0 Å². The zero-order valence-corrected chi connectivity index (χ0v) is 11.7. The maximum absolute atomic E-state index is 11.8. The predicted octanol–water partition coefficient (Wildman–Crippen LogP) is 1.45. The van der Waals surface area contributed by atoms with Gasteiger partial charge in [-0.1, -0.05) is 12.1 Å². The first-order valence-electron chi connectivity index (χ1n) is 6.67. The molecule has 5 heteroatoms. The number of nitrogens with one attached hydrogen (secondary N) is 1. The normalized spacial score (nSPS) is 10.3. The van der Waals surface area contributed by atoms with Gasteiger partial charge < -0.3 is 19.6 Å². The van der Waals surface area contributed by atoms with E-state index in [1.54, 1.807) is 24.3 Å². The minimum absolute atomic E-state index is 0.114. The Morgan fingerprint density at radius 1 is 1.14 bits per heavy atom. The van der Waals surface area contributed by atoms with Crippen LogP contribution in [0.1, 0.15) is 23.5 Å². The van der Waals surface area contributed by atoms with Crippen LogP contribution in [-0.4, -0.2) is 11.9 Å². The molecule has 0 radical (unpaired) electrons. The van der Waals surface area contributed by atoms with E-state index in [4.69, 9.17) is 4.42 Å². The van der Waals surface area contributed by atoms with E-state index in [1.807, 2.05) is 19.1 Å². The van der Waals surface area contributed by atoms with Crippen LogP contribution < -0.4 is 10.4 Å². The van der Waals surface area contributed by atoms with Crippen molar-refractivity contribution in [3.8, 4) is 0 Å². The van der Waals surface area contributed by atoms with Gasteiger partial charge in [0.2, 0.25) is 5.91 Å². The summed E-state index contributed by atoms with van der Waals surface area (Å²) in [5, 5.41) is 13.2. The lowest BCUT2D eigenvalue weighted by Crippen LogP contribution is -2.24. The van der Waals surface area contributed by atoms with E-state index in [-0.39, 0.29) is 12.3 Å². The first kappa shape index (κ1) is 14.8. The molecule has 0 aliphatic heterocycles. The van der Waals surface area contributed by atoms with Gasteiger partial charge in [0.1, 0.15) is 11.5 Å². The summed E-state index contributed by atoms with van der Waals surface area (Å²) < 4.78 is 5.40. The van der Waals surface area contributed by atoms with Crippen molar-refractivity contribution < 1.29 is 19.1 Å². The van der Waals surface area contributed by atoms with E-state index in [9.17, 15) is 14.7 Å². The lowest BCUT2D eigenvalue weighted by atomic mass is 10.1. The fourth-order valence-electron chi connectivity index (χ4n) is 1.95. The van der Waals surface area contributed by atoms with Crippen molar-refractivity contribution in [3.63, 3.8) is 0 Å². The first-order chi connectivity index (χ1) is 10.0. The molecule has 2 rings (SSSR count). The minimum Gasteiger partial charge on any atom is -0.550 e. The number of furan rings is 1. The summed E-state index contributed by atoms with van der Waals surface area (Å²) in [7, 11) is 0. The summed E-state index contributed by atoms with van der Waals surface area (Å²) in [6.45, 7) is 1.86. The Morgan fingerprint density at radius 2 is 1.86 bits per heavy atom. The summed E-state index contributed by atoms with van der Waals surface area (Å²) in [6.07, 6.45) is 0.738. The van der Waals surface area contributed by atoms with Gasteiger partial charge in [0.05, 0.1) is 0 Å². The van der Waals surface area contributed by atoms with Crippen LogP contribution in [0.25, 0.3) is 0 Å². The Balaban J connectivity index is 1.83. The van der Waals surface area contributed by atoms with Gasteiger partial charge in [-0.15, -0.1) is 0 Å². The maximum Gasteiger partial charge on any atom is 0.224 e. The van der Waals surface area contributed by atoms with Crippen LogP contribution in [0.5, 0.6) is 0 Å². The predicted molar refractivity (Wildman–Crippen MR) is 75.5 cm³/mol. The molecule has 0 fully saturated rings. The molecule has 0 saturated carbocycles. The van der Waals surface area contributed by atoms with E-state index >= 15 is 0 Å². The van der Waals surface area contributed by atoms with Gasteiger partial charge in [-0.25, -0.2) is 0 Å². The van der Waals surface area contributed by atoms with E-state index in [2.05, 4.69) is 5.32 Å². The molecule has 0 spiro atoms. The Morgan fingerprint density at radius 3 is 2.43 bits per heavy atom. The number of carbonyl (C=O) groups is 2. The van der Waals surface area contributed by atoms with Crippen molar-refractivity contribution in [3.05, 3.63) is 53.5 Å². The number of carboxylic acids is 1. The van der Waals surface area contributed by atoms with Gasteiger partial charge in [0.25, 0.3) is 0 Å². The number of carboxylic acid groups (broad SMARTS) is 1. The smallest absolute Gasteiger partial charge is 0.224 e. The second-order valence-electron chi connectivity index (χ2n) is 4.81. The van der Waals surface area contributed by atoms with Crippen LogP contribution in [0.4, 0.5) is 5.69 Å². The summed E-state index contributed by atoms with van der Waals surface area (Å²) in [5.41, 5.74) is 1.27. The van der Waals surface area contributed by atoms with Crippen molar-refractivity contribution >= 4 is 17.6 Å². The molecule has 1 aromatic carbocycles. The molecule has 1 N–H and O–H groups in total. The third kappa shape index (κ3) is 4.80. The van der Waals surface area contributed by atoms with Crippen LogP contribution in [0, 0.1) is 6.92 Å². The zero-order valence-electron chi connectivity index (χ0n) is 11.7. The molecule has 5 nitrogen and oxygen atoms in total. The number of hydrogen-bond acceptors (Lipinski definition) is 4. The molecule has 1 aromatic heterocycles. The molecule has 21 heavy (non-hydrogen) atoms. The van der Waals surface area contributed by atoms with E-state index in [0.29, 0.717) is 24.1 Å². The highest BCUT2D eigenvalue weighted by Gasteiger charge is 2.05. The van der Waals surface area contributed by atoms with Crippen LogP contribution in [0.3, 0.4) is 0 Å². The second kappa shape index (κ2) is 6.74. The first-order valence-corrected chi connectivity index (χ1v) is 6.67. The lowest BCUT2D eigenvalue weighted by molar-refractivity contribution is -0.304. The molecule has 0 aliphatic carbocycles. The van der Waals surface area contributed by atoms with Gasteiger partial charge in [0.15, 0.2) is 0 Å². The molecule has 0 bridgehead atoms. The summed E-state index contributed by atoms with van der Waals surface area (Å²) in [6, 6.07) is 10.4. The molecule has 1 amide bonds. The Kier molecular flexibility index (Phi) is 4.77. The molecule has 0 aliphatic rings. The molecular formula is C16H16NO4-. The average Bonchev–Trinajstić information content (AvgIpc) is 2.84. The highest BCUT2D eigenvalue weighted by molar-refractivity contribution is 5.90. The maximum atomic E-state index is 11.8. The number of aliphatic carboxylic acids is 1. The Hall–Kier alpha value is -2.56. The van der Waals surface area contributed by atoms with Crippen LogP contribution in [0.2, 0.25) is 0 Å². The number of rotatable bonds is 6. The van der Waals surface area contributed by atoms with Crippen LogP contribution >= 0.6 is 0 Å². The molecule has 2 aromatic rings. The van der Waals surface area contributed by atoms with Crippen molar-refractivity contribution in [2.45, 2.75) is 26.2 Å². The molecular weight excluding hydrogens is 270 g/mol. The minimum atomic E-state index is -1.12. The van der Waals surface area contributed by atoms with Gasteiger partial charge >= 0.3 is 0 Å². The van der Waals surface area contributed by atoms with Gasteiger partial charge in [-0.05, 0) is 36.8 Å². The number of aryl methyl sites for hydroxylation is 2. The quantitative estimate of drug-likeness (QED) is 0.871. The van der Waals surface area contributed by atoms with Gasteiger partial charge in [-0.2, -0.15) is 0 Å². The number of amides is 1. The second-order valence-corrected chi connectivity index (χ2v) is 4.81. The number of benzene rings is 1. The topological polar surface area (TPSA) is 82.4 Å². The van der Waals surface area contributed by atoms with Gasteiger partial charge in [0, 0.05) is 30.9 Å². The Bertz CT molecular complexity index is 628. The van der Waals surface area contributed by atoms with Crippen molar-refractivity contribution in [1.29, 1.82) is 0 Å². The molecule has 0 unspecified atom stereocenters. The standard InChI is InChI=1S/C16H17NO4/c1-11-2-7-14(21-11)8-9-15(18)17-13-5-3-12(4-6-13)10-16(19)20/h2-7H,8-10H2,1H3,(H,17,18)(H,19,20)/p-1. The van der Waals surface area contributed by atoms with E-state index in [1.165, 1.54) is 0 Å². The lowest BCUT2D eigenvalue weighted by Gasteiger charge is -2.06. The van der Waals surface area contributed by atoms with Crippen LogP contribution in [0.15, 0.2) is 40.8 Å². The SMILES string of the molecule is Cc1ccc(CCC(=O)Nc2ccc(CC(=O)[O-])cc2)o1. The molecule has 1 heterocycles. The molecule has 0 saturated heterocycles. The van der Waals surface area contributed by atoms with Crippen molar-refractivity contribution in [1.82, 2.24) is 0 Å². The number of carbonyl (C=O) groups excluding carboxylic acids is 2. The fraction of sp³-hybridized carbons (Fsp3) is 0.250. The average molecular weight is 286 g/mol. The summed E-state index contributed by atoms with van der Waals surface area (Å²) in [5.74, 6) is 0.373. The third-order valence-electron chi connectivity index (χ3n) is 2.98. The zero-order chi connectivity index (χ0) is 15.2. The molecule has 0 atom stereocenters. The van der Waals surface area contributed by atoms with Crippen molar-refractivity contribution in [2.75, 3.05) is 5.32 Å². The van der Waals surface area contributed by atoms with E-state index < -0.39 is 5.97 Å². The highest BCUT2D eigenvalue weighted by atomic mass is 16.4. The Labute approximate surface area is 122 Å². The van der Waals surface area contributed by atoms with E-state index in [0.717, 1.165) is 11.5 Å². The largest absolute Gasteiger partial charge is 0.550 e. The number of hydrogen-bond donors (Lipinski definition) is 1. The molecule has 110 valence electrons. The van der Waals surface area contributed by atoms with Crippen LogP contribution in [-0.2, 0) is 22.4 Å². The number of anilines is 1. The fourth-order valence-corrected chi connectivity index (χ4v) is 1.95. The van der Waals surface area contributed by atoms with Gasteiger partial charge in [-0.3, -0.25) is 4.79 Å². The highest BCUT2D eigenvalue weighted by Crippen LogP contribution is 2.12. The monoisotopic (exact) mass is 286 g/mol. The third-order valence-corrected chi connectivity index (χ3v) is 2.98. The summed E-state index contributed by atoms with van der Waals surface area (Å²) >= 11 is 0. The summed E-state index contributed by atoms with van der Waals surface area (Å²) in [4.78, 5) is 22.3.